The van der Waals surface area contributed by atoms with Crippen molar-refractivity contribution in [2.24, 2.45) is 0 Å². The van der Waals surface area contributed by atoms with Crippen molar-refractivity contribution in [3.63, 3.8) is 0 Å². The molecule has 8 heteroatoms. The third-order valence-electron chi connectivity index (χ3n) is 6.53. The minimum Gasteiger partial charge on any atom is -0.457 e. The third-order valence-corrected chi connectivity index (χ3v) is 6.53. The van der Waals surface area contributed by atoms with E-state index in [1.807, 2.05) is 61.5 Å². The summed E-state index contributed by atoms with van der Waals surface area (Å²) in [5.74, 6) is -0.935. The minimum atomic E-state index is -1.58. The highest BCUT2D eigenvalue weighted by molar-refractivity contribution is 6.14. The molecule has 1 fully saturated rings. The SMILES string of the molecule is CO[C@@H](C(=O)c1cc(-c2cccc(C)c2)c(CCCCO)o1)C(=O)N1C(=O)O[C@H](c2ccccc2)[C@@H]1C. The van der Waals surface area contributed by atoms with Gasteiger partial charge in [0, 0.05) is 25.7 Å². The highest BCUT2D eigenvalue weighted by Gasteiger charge is 2.47. The third kappa shape index (κ3) is 5.50. The molecule has 194 valence electrons. The number of hydrogen-bond acceptors (Lipinski definition) is 7. The molecule has 0 radical (unpaired) electrons. The van der Waals surface area contributed by atoms with Crippen LogP contribution in [0, 0.1) is 6.92 Å². The molecule has 2 amide bonds. The van der Waals surface area contributed by atoms with Crippen molar-refractivity contribution in [2.75, 3.05) is 13.7 Å². The number of hydrogen-bond donors (Lipinski definition) is 1. The number of aryl methyl sites for hydroxylation is 2. The summed E-state index contributed by atoms with van der Waals surface area (Å²) < 4.78 is 16.7. The maximum absolute atomic E-state index is 13.5. The molecule has 0 spiro atoms. The summed E-state index contributed by atoms with van der Waals surface area (Å²) in [6.45, 7) is 3.72. The van der Waals surface area contributed by atoms with E-state index in [4.69, 9.17) is 13.9 Å². The first-order chi connectivity index (χ1) is 17.8. The Morgan fingerprint density at radius 2 is 1.84 bits per heavy atom. The largest absolute Gasteiger partial charge is 0.457 e. The van der Waals surface area contributed by atoms with E-state index < -0.39 is 36.0 Å². The average molecular weight is 506 g/mol. The number of carbonyl (C=O) groups is 3. The number of benzene rings is 2. The molecule has 1 N–H and O–H groups in total. The van der Waals surface area contributed by atoms with E-state index in [2.05, 4.69) is 0 Å². The fourth-order valence-electron chi connectivity index (χ4n) is 4.61. The lowest BCUT2D eigenvalue weighted by Gasteiger charge is -2.22. The number of imide groups is 1. The fraction of sp³-hybridized carbons (Fsp3) is 0.345. The van der Waals surface area contributed by atoms with E-state index in [9.17, 15) is 19.5 Å². The Morgan fingerprint density at radius 1 is 1.08 bits per heavy atom. The van der Waals surface area contributed by atoms with Crippen molar-refractivity contribution in [1.82, 2.24) is 4.90 Å². The first-order valence-electron chi connectivity index (χ1n) is 12.3. The van der Waals surface area contributed by atoms with Gasteiger partial charge in [0.1, 0.15) is 11.9 Å². The van der Waals surface area contributed by atoms with E-state index in [-0.39, 0.29) is 12.4 Å². The number of ketones is 1. The van der Waals surface area contributed by atoms with Gasteiger partial charge in [0.2, 0.25) is 11.9 Å². The molecule has 1 aliphatic heterocycles. The standard InChI is InChI=1S/C29H31NO7/c1-18-10-9-13-21(16-18)22-17-24(36-23(22)14-7-8-15-31)25(32)27(35-3)28(33)30-19(2)26(37-29(30)34)20-11-5-4-6-12-20/h4-6,9-13,16-17,19,26-27,31H,7-8,14-15H2,1-3H3/t19-,26-,27-/m0/s1. The lowest BCUT2D eigenvalue weighted by atomic mass is 10.0. The monoisotopic (exact) mass is 505 g/mol. The Morgan fingerprint density at radius 3 is 2.51 bits per heavy atom. The van der Waals surface area contributed by atoms with E-state index in [1.165, 1.54) is 7.11 Å². The molecular weight excluding hydrogens is 474 g/mol. The number of ether oxygens (including phenoxy) is 2. The van der Waals surface area contributed by atoms with Crippen molar-refractivity contribution in [2.45, 2.75) is 51.4 Å². The number of unbranched alkanes of at least 4 members (excludes halogenated alkanes) is 1. The van der Waals surface area contributed by atoms with Gasteiger partial charge in [-0.25, -0.2) is 9.69 Å². The minimum absolute atomic E-state index is 0.0319. The van der Waals surface area contributed by atoms with Crippen LogP contribution in [0.1, 0.15) is 53.3 Å². The predicted molar refractivity (Wildman–Crippen MR) is 136 cm³/mol. The average Bonchev–Trinajstić information content (AvgIpc) is 3.45. The quantitative estimate of drug-likeness (QED) is 0.238. The molecule has 37 heavy (non-hydrogen) atoms. The highest BCUT2D eigenvalue weighted by Crippen LogP contribution is 2.34. The molecule has 1 aromatic heterocycles. The Kier molecular flexibility index (Phi) is 8.21. The van der Waals surface area contributed by atoms with Gasteiger partial charge in [-0.3, -0.25) is 9.59 Å². The van der Waals surface area contributed by atoms with Crippen molar-refractivity contribution in [1.29, 1.82) is 0 Å². The van der Waals surface area contributed by atoms with Crippen LogP contribution in [0.2, 0.25) is 0 Å². The number of carbonyl (C=O) groups excluding carboxylic acids is 3. The van der Waals surface area contributed by atoms with Crippen LogP contribution in [0.25, 0.3) is 11.1 Å². The maximum atomic E-state index is 13.5. The van der Waals surface area contributed by atoms with Gasteiger partial charge in [0.05, 0.1) is 6.04 Å². The van der Waals surface area contributed by atoms with Gasteiger partial charge in [-0.2, -0.15) is 0 Å². The molecule has 0 aliphatic carbocycles. The Bertz CT molecular complexity index is 1270. The van der Waals surface area contributed by atoms with E-state index in [1.54, 1.807) is 13.0 Å². The zero-order chi connectivity index (χ0) is 26.5. The van der Waals surface area contributed by atoms with Crippen LogP contribution < -0.4 is 0 Å². The molecule has 2 aromatic carbocycles. The summed E-state index contributed by atoms with van der Waals surface area (Å²) >= 11 is 0. The lowest BCUT2D eigenvalue weighted by Crippen LogP contribution is -2.47. The first-order valence-corrected chi connectivity index (χ1v) is 12.3. The van der Waals surface area contributed by atoms with Crippen LogP contribution in [0.4, 0.5) is 4.79 Å². The number of amides is 2. The van der Waals surface area contributed by atoms with Crippen molar-refractivity contribution >= 4 is 17.8 Å². The molecule has 1 saturated heterocycles. The predicted octanol–water partition coefficient (Wildman–Crippen LogP) is 4.88. The number of Topliss-reactive ketones (excluding diaryl/α,β-unsaturated/α-hetero) is 1. The van der Waals surface area contributed by atoms with Gasteiger partial charge in [0.25, 0.3) is 5.91 Å². The van der Waals surface area contributed by atoms with E-state index in [0.717, 1.165) is 27.2 Å². The normalized spacial score (nSPS) is 18.1. The Balaban J connectivity index is 1.61. The summed E-state index contributed by atoms with van der Waals surface area (Å²) in [7, 11) is 1.24. The number of rotatable bonds is 10. The molecule has 2 heterocycles. The van der Waals surface area contributed by atoms with Crippen LogP contribution in [-0.4, -0.2) is 53.7 Å². The molecule has 0 saturated carbocycles. The topological polar surface area (TPSA) is 106 Å². The van der Waals surface area contributed by atoms with Gasteiger partial charge in [-0.05, 0) is 43.9 Å². The first kappa shape index (κ1) is 26.3. The molecule has 3 aromatic rings. The number of methoxy groups -OCH3 is 1. The number of aliphatic hydroxyl groups is 1. The Labute approximate surface area is 215 Å². The van der Waals surface area contributed by atoms with Gasteiger partial charge in [0.15, 0.2) is 5.76 Å². The summed E-state index contributed by atoms with van der Waals surface area (Å²) in [5.41, 5.74) is 3.42. The molecular formula is C29H31NO7. The van der Waals surface area contributed by atoms with Crippen LogP contribution in [-0.2, 0) is 20.7 Å². The number of nitrogens with zero attached hydrogens (tertiary/aromatic N) is 1. The molecule has 8 nitrogen and oxygen atoms in total. The van der Waals surface area contributed by atoms with Gasteiger partial charge in [-0.1, -0.05) is 60.2 Å². The van der Waals surface area contributed by atoms with Crippen molar-refractivity contribution in [3.05, 3.63) is 83.3 Å². The number of furan rings is 1. The number of cyclic esters (lactones) is 1. The second kappa shape index (κ2) is 11.5. The van der Waals surface area contributed by atoms with Crippen molar-refractivity contribution in [3.8, 4) is 11.1 Å². The van der Waals surface area contributed by atoms with Gasteiger partial charge < -0.3 is 19.0 Å². The number of aliphatic hydroxyl groups excluding tert-OH is 1. The second-order valence-corrected chi connectivity index (χ2v) is 9.14. The smallest absolute Gasteiger partial charge is 0.417 e. The van der Waals surface area contributed by atoms with E-state index in [0.29, 0.717) is 25.0 Å². The maximum Gasteiger partial charge on any atom is 0.417 e. The highest BCUT2D eigenvalue weighted by atomic mass is 16.6. The molecule has 3 atom stereocenters. The van der Waals surface area contributed by atoms with Crippen LogP contribution in [0.15, 0.2) is 65.1 Å². The molecule has 4 rings (SSSR count). The second-order valence-electron chi connectivity index (χ2n) is 9.14. The molecule has 0 unspecified atom stereocenters. The van der Waals surface area contributed by atoms with Gasteiger partial charge >= 0.3 is 6.09 Å². The van der Waals surface area contributed by atoms with Crippen LogP contribution in [0.5, 0.6) is 0 Å². The molecule has 0 bridgehead atoms. The van der Waals surface area contributed by atoms with Crippen LogP contribution in [0.3, 0.4) is 0 Å². The van der Waals surface area contributed by atoms with E-state index >= 15 is 0 Å². The lowest BCUT2D eigenvalue weighted by molar-refractivity contribution is -0.137. The van der Waals surface area contributed by atoms with Crippen molar-refractivity contribution < 1.29 is 33.4 Å². The Hall–Kier alpha value is -3.75. The van der Waals surface area contributed by atoms with Gasteiger partial charge in [-0.15, -0.1) is 0 Å². The summed E-state index contributed by atoms with van der Waals surface area (Å²) in [4.78, 5) is 40.5. The summed E-state index contributed by atoms with van der Waals surface area (Å²) in [6.07, 6.45) is -1.29. The zero-order valence-electron chi connectivity index (χ0n) is 21.2. The summed E-state index contributed by atoms with van der Waals surface area (Å²) in [6, 6.07) is 17.9. The molecule has 1 aliphatic rings. The fourth-order valence-corrected chi connectivity index (χ4v) is 4.61. The van der Waals surface area contributed by atoms with Crippen LogP contribution >= 0.6 is 0 Å². The summed E-state index contributed by atoms with van der Waals surface area (Å²) in [5, 5.41) is 9.18. The zero-order valence-corrected chi connectivity index (χ0v) is 21.2.